The van der Waals surface area contributed by atoms with Crippen LogP contribution >= 0.6 is 22.6 Å². The second-order valence-corrected chi connectivity index (χ2v) is 9.67. The highest BCUT2D eigenvalue weighted by Crippen LogP contribution is 2.36. The quantitative estimate of drug-likeness (QED) is 0.138. The summed E-state index contributed by atoms with van der Waals surface area (Å²) in [5.74, 6) is -8.68. The molecule has 216 valence electrons. The molecule has 0 aliphatic carbocycles. The minimum absolute atomic E-state index is 0.0376. The Morgan fingerprint density at radius 1 is 0.650 bits per heavy atom. The standard InChI is InChI=1S/C29H34INO9/c1-5-37-26(33)23(27(34)38-6-2)22(24(28(35)39-7-3)29(36)40-8-4)19-11-9-18(10-12-19)17-31-25(32)20-13-15-21(30)16-14-20/h9-16,22-24H,5-8,17H2,1-4H3,(H,31,32). The molecule has 0 saturated heterocycles. The number of rotatable bonds is 14. The third kappa shape index (κ3) is 9.04. The van der Waals surface area contributed by atoms with Crippen LogP contribution in [0.1, 0.15) is 55.1 Å². The van der Waals surface area contributed by atoms with Crippen molar-refractivity contribution >= 4 is 52.4 Å². The van der Waals surface area contributed by atoms with Gasteiger partial charge in [-0.25, -0.2) is 0 Å². The molecule has 0 aliphatic rings. The second kappa shape index (κ2) is 16.6. The van der Waals surface area contributed by atoms with E-state index in [1.165, 1.54) is 0 Å². The third-order valence-electron chi connectivity index (χ3n) is 5.80. The van der Waals surface area contributed by atoms with Crippen molar-refractivity contribution in [1.82, 2.24) is 5.32 Å². The zero-order chi connectivity index (χ0) is 29.7. The first-order chi connectivity index (χ1) is 19.2. The van der Waals surface area contributed by atoms with Gasteiger partial charge in [-0.2, -0.15) is 0 Å². The molecule has 2 aromatic carbocycles. The lowest BCUT2D eigenvalue weighted by molar-refractivity contribution is -0.169. The molecule has 1 N–H and O–H groups in total. The van der Waals surface area contributed by atoms with Crippen LogP contribution in [-0.2, 0) is 44.7 Å². The lowest BCUT2D eigenvalue weighted by Gasteiger charge is -2.29. The Hall–Kier alpha value is -3.48. The molecule has 11 heteroatoms. The van der Waals surface area contributed by atoms with E-state index in [9.17, 15) is 24.0 Å². The number of ether oxygens (including phenoxy) is 4. The van der Waals surface area contributed by atoms with E-state index in [1.54, 1.807) is 64.1 Å². The van der Waals surface area contributed by atoms with Crippen molar-refractivity contribution in [3.8, 4) is 0 Å². The molecule has 0 aromatic heterocycles. The summed E-state index contributed by atoms with van der Waals surface area (Å²) in [7, 11) is 0. The summed E-state index contributed by atoms with van der Waals surface area (Å²) in [6.07, 6.45) is 0. The predicted molar refractivity (Wildman–Crippen MR) is 153 cm³/mol. The number of carbonyl (C=O) groups is 5. The maximum absolute atomic E-state index is 13.1. The topological polar surface area (TPSA) is 134 Å². The van der Waals surface area contributed by atoms with Crippen molar-refractivity contribution in [2.24, 2.45) is 11.8 Å². The van der Waals surface area contributed by atoms with Gasteiger partial charge in [-0.3, -0.25) is 24.0 Å². The smallest absolute Gasteiger partial charge is 0.320 e. The minimum atomic E-state index is -1.65. The summed E-state index contributed by atoms with van der Waals surface area (Å²) >= 11 is 2.15. The summed E-state index contributed by atoms with van der Waals surface area (Å²) in [6.45, 7) is 6.33. The van der Waals surface area contributed by atoms with Crippen molar-refractivity contribution in [2.75, 3.05) is 26.4 Å². The molecule has 0 aliphatic heterocycles. The summed E-state index contributed by atoms with van der Waals surface area (Å²) in [4.78, 5) is 64.8. The molecule has 10 nitrogen and oxygen atoms in total. The van der Waals surface area contributed by atoms with Gasteiger partial charge in [0, 0.05) is 21.6 Å². The van der Waals surface area contributed by atoms with Gasteiger partial charge in [0.15, 0.2) is 11.8 Å². The van der Waals surface area contributed by atoms with Crippen LogP contribution in [0.5, 0.6) is 0 Å². The first kappa shape index (κ1) is 32.7. The van der Waals surface area contributed by atoms with Crippen molar-refractivity contribution in [1.29, 1.82) is 0 Å². The lowest BCUT2D eigenvalue weighted by atomic mass is 9.76. The normalized spacial score (nSPS) is 10.8. The number of nitrogens with one attached hydrogen (secondary N) is 1. The highest BCUT2D eigenvalue weighted by molar-refractivity contribution is 14.1. The van der Waals surface area contributed by atoms with E-state index in [4.69, 9.17) is 18.9 Å². The van der Waals surface area contributed by atoms with E-state index in [1.807, 2.05) is 12.1 Å². The molecule has 2 rings (SSSR count). The molecule has 1 amide bonds. The summed E-state index contributed by atoms with van der Waals surface area (Å²) in [5.41, 5.74) is 1.52. The number of benzene rings is 2. The van der Waals surface area contributed by atoms with Gasteiger partial charge < -0.3 is 24.3 Å². The number of hydrogen-bond acceptors (Lipinski definition) is 9. The Bertz CT molecular complexity index is 1090. The van der Waals surface area contributed by atoms with Gasteiger partial charge >= 0.3 is 23.9 Å². The predicted octanol–water partition coefficient (Wildman–Crippen LogP) is 3.79. The Morgan fingerprint density at radius 3 is 1.43 bits per heavy atom. The molecule has 0 bridgehead atoms. The van der Waals surface area contributed by atoms with Gasteiger partial charge in [0.25, 0.3) is 5.91 Å². The molecular formula is C29H34INO9. The van der Waals surface area contributed by atoms with Gasteiger partial charge in [-0.1, -0.05) is 24.3 Å². The molecule has 0 atom stereocenters. The number of esters is 4. The van der Waals surface area contributed by atoms with E-state index in [2.05, 4.69) is 27.9 Å². The zero-order valence-corrected chi connectivity index (χ0v) is 25.1. The van der Waals surface area contributed by atoms with Crippen LogP contribution in [0.3, 0.4) is 0 Å². The maximum atomic E-state index is 13.1. The zero-order valence-electron chi connectivity index (χ0n) is 22.9. The van der Waals surface area contributed by atoms with E-state index in [0.717, 1.165) is 3.57 Å². The fourth-order valence-electron chi connectivity index (χ4n) is 4.03. The van der Waals surface area contributed by atoms with Crippen LogP contribution in [0.25, 0.3) is 0 Å². The van der Waals surface area contributed by atoms with Gasteiger partial charge in [0.05, 0.1) is 26.4 Å². The fourth-order valence-corrected chi connectivity index (χ4v) is 4.39. The van der Waals surface area contributed by atoms with Crippen molar-refractivity contribution in [3.63, 3.8) is 0 Å². The molecule has 40 heavy (non-hydrogen) atoms. The number of halogens is 1. The molecule has 0 unspecified atom stereocenters. The second-order valence-electron chi connectivity index (χ2n) is 8.42. The van der Waals surface area contributed by atoms with Crippen LogP contribution in [0.2, 0.25) is 0 Å². The van der Waals surface area contributed by atoms with Crippen molar-refractivity contribution in [3.05, 3.63) is 68.8 Å². The average Bonchev–Trinajstić information content (AvgIpc) is 2.92. The van der Waals surface area contributed by atoms with Gasteiger partial charge in [-0.15, -0.1) is 0 Å². The first-order valence-corrected chi connectivity index (χ1v) is 14.0. The Balaban J connectivity index is 2.49. The Kier molecular flexibility index (Phi) is 13.6. The summed E-state index contributed by atoms with van der Waals surface area (Å²) < 4.78 is 21.6. The molecule has 0 spiro atoms. The van der Waals surface area contributed by atoms with Crippen molar-refractivity contribution < 1.29 is 42.9 Å². The highest BCUT2D eigenvalue weighted by atomic mass is 127. The largest absolute Gasteiger partial charge is 0.465 e. The first-order valence-electron chi connectivity index (χ1n) is 13.0. The molecule has 0 saturated carbocycles. The monoisotopic (exact) mass is 667 g/mol. The molecule has 0 fully saturated rings. The SMILES string of the molecule is CCOC(=O)C(C(=O)OCC)C(c1ccc(CNC(=O)c2ccc(I)cc2)cc1)C(C(=O)OCC)C(=O)OCC. The molecule has 0 heterocycles. The fraction of sp³-hybridized carbons (Fsp3) is 0.414. The molecular weight excluding hydrogens is 633 g/mol. The van der Waals surface area contributed by atoms with E-state index in [0.29, 0.717) is 16.7 Å². The minimum Gasteiger partial charge on any atom is -0.465 e. The van der Waals surface area contributed by atoms with Crippen LogP contribution in [0.4, 0.5) is 0 Å². The number of hydrogen-bond donors (Lipinski definition) is 1. The average molecular weight is 667 g/mol. The van der Waals surface area contributed by atoms with Gasteiger partial charge in [0.1, 0.15) is 0 Å². The summed E-state index contributed by atoms with van der Waals surface area (Å²) in [5, 5.41) is 2.83. The lowest BCUT2D eigenvalue weighted by Crippen LogP contribution is -2.43. The van der Waals surface area contributed by atoms with E-state index in [-0.39, 0.29) is 38.9 Å². The maximum Gasteiger partial charge on any atom is 0.320 e. The van der Waals surface area contributed by atoms with Gasteiger partial charge in [0.2, 0.25) is 0 Å². The van der Waals surface area contributed by atoms with Gasteiger partial charge in [-0.05, 0) is 85.7 Å². The van der Waals surface area contributed by atoms with Crippen LogP contribution < -0.4 is 5.32 Å². The van der Waals surface area contributed by atoms with Crippen LogP contribution in [0, 0.1) is 15.4 Å². The Morgan fingerprint density at radius 2 is 1.05 bits per heavy atom. The van der Waals surface area contributed by atoms with E-state index < -0.39 is 41.6 Å². The summed E-state index contributed by atoms with van der Waals surface area (Å²) in [6, 6.07) is 13.6. The third-order valence-corrected chi connectivity index (χ3v) is 6.52. The molecule has 0 radical (unpaired) electrons. The number of amides is 1. The Labute approximate surface area is 247 Å². The number of carbonyl (C=O) groups excluding carboxylic acids is 5. The van der Waals surface area contributed by atoms with E-state index >= 15 is 0 Å². The van der Waals surface area contributed by atoms with Crippen LogP contribution in [-0.4, -0.2) is 56.2 Å². The molecule has 2 aromatic rings. The van der Waals surface area contributed by atoms with Crippen LogP contribution in [0.15, 0.2) is 48.5 Å². The highest BCUT2D eigenvalue weighted by Gasteiger charge is 2.49. The van der Waals surface area contributed by atoms with Crippen molar-refractivity contribution in [2.45, 2.75) is 40.2 Å².